The van der Waals surface area contributed by atoms with E-state index in [4.69, 9.17) is 0 Å². The Labute approximate surface area is 198 Å². The Kier molecular flexibility index (Phi) is 8.46. The van der Waals surface area contributed by atoms with Gasteiger partial charge in [-0.3, -0.25) is 14.5 Å². The fourth-order valence-corrected chi connectivity index (χ4v) is 4.04. The van der Waals surface area contributed by atoms with E-state index < -0.39 is 11.6 Å². The van der Waals surface area contributed by atoms with E-state index in [-0.39, 0.29) is 47.0 Å². The van der Waals surface area contributed by atoms with Gasteiger partial charge in [0.25, 0.3) is 0 Å². The van der Waals surface area contributed by atoms with Crippen molar-refractivity contribution in [3.8, 4) is 11.5 Å². The maximum Gasteiger partial charge on any atom is 0.200 e. The number of hydrogen-bond acceptors (Lipinski definition) is 10. The standard InChI is InChI=1S/C24H32N4O6/c1-27(2)9-7-25-15-3-4-16(26-8-10-28(11-13-29)12-14-30)20-19(15)23(33)21-17(31)5-6-18(32)22(21)24(20)34/h3-6,25-26,29-32H,7-14H2,1-2H3. The highest BCUT2D eigenvalue weighted by Gasteiger charge is 2.37. The number of carbonyl (C=O) groups is 2. The first-order valence-electron chi connectivity index (χ1n) is 11.2. The molecule has 10 heteroatoms. The molecule has 0 bridgehead atoms. The van der Waals surface area contributed by atoms with E-state index in [1.54, 1.807) is 12.1 Å². The van der Waals surface area contributed by atoms with Gasteiger partial charge in [0, 0.05) is 50.6 Å². The van der Waals surface area contributed by atoms with Crippen molar-refractivity contribution < 1.29 is 30.0 Å². The van der Waals surface area contributed by atoms with Crippen LogP contribution in [0.3, 0.4) is 0 Å². The van der Waals surface area contributed by atoms with Gasteiger partial charge in [0.05, 0.1) is 35.5 Å². The molecule has 0 saturated heterocycles. The Hall–Kier alpha value is -3.18. The third-order valence-corrected chi connectivity index (χ3v) is 5.73. The SMILES string of the molecule is CN(C)CCNc1ccc(NCCN(CCO)CCO)c2c1C(=O)c1c(O)ccc(O)c1C2=O. The Morgan fingerprint density at radius 1 is 0.676 bits per heavy atom. The van der Waals surface area contributed by atoms with Crippen molar-refractivity contribution in [2.45, 2.75) is 0 Å². The van der Waals surface area contributed by atoms with Crippen LogP contribution in [0.25, 0.3) is 0 Å². The number of rotatable bonds is 12. The zero-order chi connectivity index (χ0) is 24.8. The van der Waals surface area contributed by atoms with E-state index in [1.807, 2.05) is 23.9 Å². The average molecular weight is 473 g/mol. The van der Waals surface area contributed by atoms with E-state index in [0.29, 0.717) is 50.6 Å². The minimum absolute atomic E-state index is 0.0464. The molecule has 184 valence electrons. The Bertz CT molecular complexity index is 1050. The number of ketones is 2. The third-order valence-electron chi connectivity index (χ3n) is 5.73. The molecule has 0 unspecified atom stereocenters. The van der Waals surface area contributed by atoms with Gasteiger partial charge >= 0.3 is 0 Å². The number of nitrogens with one attached hydrogen (secondary N) is 2. The summed E-state index contributed by atoms with van der Waals surface area (Å²) in [7, 11) is 3.85. The monoisotopic (exact) mass is 472 g/mol. The maximum absolute atomic E-state index is 13.5. The van der Waals surface area contributed by atoms with Crippen molar-refractivity contribution >= 4 is 22.9 Å². The van der Waals surface area contributed by atoms with E-state index in [0.717, 1.165) is 0 Å². The molecule has 34 heavy (non-hydrogen) atoms. The molecule has 6 N–H and O–H groups in total. The predicted molar refractivity (Wildman–Crippen MR) is 129 cm³/mol. The number of nitrogens with zero attached hydrogens (tertiary/aromatic N) is 2. The lowest BCUT2D eigenvalue weighted by Gasteiger charge is -2.26. The van der Waals surface area contributed by atoms with E-state index in [1.165, 1.54) is 12.1 Å². The van der Waals surface area contributed by atoms with Crippen LogP contribution < -0.4 is 10.6 Å². The number of anilines is 2. The molecule has 3 rings (SSSR count). The molecule has 0 radical (unpaired) electrons. The zero-order valence-electron chi connectivity index (χ0n) is 19.5. The number of carbonyl (C=O) groups excluding carboxylic acids is 2. The van der Waals surface area contributed by atoms with Gasteiger partial charge in [-0.25, -0.2) is 0 Å². The van der Waals surface area contributed by atoms with Crippen molar-refractivity contribution in [3.05, 3.63) is 46.5 Å². The predicted octanol–water partition coefficient (Wildman–Crippen LogP) is 0.545. The van der Waals surface area contributed by atoms with Gasteiger partial charge in [-0.2, -0.15) is 0 Å². The molecule has 10 nitrogen and oxygen atoms in total. The minimum atomic E-state index is -0.556. The van der Waals surface area contributed by atoms with Crippen LogP contribution in [0.5, 0.6) is 11.5 Å². The van der Waals surface area contributed by atoms with Gasteiger partial charge < -0.3 is 36.0 Å². The molecule has 2 aromatic carbocycles. The number of phenols is 2. The molecule has 0 aromatic heterocycles. The van der Waals surface area contributed by atoms with E-state index in [2.05, 4.69) is 10.6 Å². The molecular weight excluding hydrogens is 440 g/mol. The molecule has 0 amide bonds. The van der Waals surface area contributed by atoms with Crippen LogP contribution in [0, 0.1) is 0 Å². The van der Waals surface area contributed by atoms with E-state index in [9.17, 15) is 30.0 Å². The molecule has 1 aliphatic rings. The third kappa shape index (κ3) is 5.31. The first-order valence-corrected chi connectivity index (χ1v) is 11.2. The van der Waals surface area contributed by atoms with Crippen LogP contribution in [-0.4, -0.2) is 108 Å². The molecule has 0 atom stereocenters. The van der Waals surface area contributed by atoms with Crippen molar-refractivity contribution in [2.24, 2.45) is 0 Å². The molecule has 0 saturated carbocycles. The van der Waals surface area contributed by atoms with Crippen LogP contribution in [0.2, 0.25) is 0 Å². The van der Waals surface area contributed by atoms with E-state index >= 15 is 0 Å². The maximum atomic E-state index is 13.5. The Balaban J connectivity index is 1.99. The van der Waals surface area contributed by atoms with Crippen molar-refractivity contribution in [1.82, 2.24) is 9.80 Å². The summed E-state index contributed by atoms with van der Waals surface area (Å²) in [6.45, 7) is 2.81. The summed E-state index contributed by atoms with van der Waals surface area (Å²) in [5, 5.41) is 45.5. The van der Waals surface area contributed by atoms with Gasteiger partial charge in [0.2, 0.25) is 11.6 Å². The second-order valence-electron chi connectivity index (χ2n) is 8.37. The van der Waals surface area contributed by atoms with Crippen LogP contribution in [-0.2, 0) is 0 Å². The van der Waals surface area contributed by atoms with Gasteiger partial charge in [0.15, 0.2) is 0 Å². The average Bonchev–Trinajstić information content (AvgIpc) is 2.79. The van der Waals surface area contributed by atoms with Gasteiger partial charge in [0.1, 0.15) is 11.5 Å². The Morgan fingerprint density at radius 3 is 1.53 bits per heavy atom. The lowest BCUT2D eigenvalue weighted by molar-refractivity contribution is 0.0975. The number of phenolic OH excluding ortho intramolecular Hbond substituents is 2. The summed E-state index contributed by atoms with van der Waals surface area (Å²) in [4.78, 5) is 30.8. The Morgan fingerprint density at radius 2 is 1.12 bits per heavy atom. The highest BCUT2D eigenvalue weighted by Crippen LogP contribution is 2.42. The highest BCUT2D eigenvalue weighted by molar-refractivity contribution is 6.33. The lowest BCUT2D eigenvalue weighted by atomic mass is 9.81. The number of benzene rings is 2. The zero-order valence-corrected chi connectivity index (χ0v) is 19.5. The molecule has 2 aromatic rings. The topological polar surface area (TPSA) is 146 Å². The molecule has 0 fully saturated rings. The largest absolute Gasteiger partial charge is 0.507 e. The first-order chi connectivity index (χ1) is 16.3. The van der Waals surface area contributed by atoms with Crippen molar-refractivity contribution in [1.29, 1.82) is 0 Å². The van der Waals surface area contributed by atoms with Crippen molar-refractivity contribution in [3.63, 3.8) is 0 Å². The van der Waals surface area contributed by atoms with Crippen LogP contribution in [0.15, 0.2) is 24.3 Å². The number of aliphatic hydroxyl groups is 2. The summed E-state index contributed by atoms with van der Waals surface area (Å²) >= 11 is 0. The number of fused-ring (bicyclic) bond motifs is 2. The van der Waals surface area contributed by atoms with Gasteiger partial charge in [-0.1, -0.05) is 0 Å². The van der Waals surface area contributed by atoms with Gasteiger partial charge in [-0.15, -0.1) is 0 Å². The normalized spacial score (nSPS) is 12.8. The highest BCUT2D eigenvalue weighted by atomic mass is 16.3. The molecule has 1 aliphatic carbocycles. The summed E-state index contributed by atoms with van der Waals surface area (Å²) in [6.07, 6.45) is 0. The van der Waals surface area contributed by atoms with Crippen LogP contribution >= 0.6 is 0 Å². The van der Waals surface area contributed by atoms with Crippen molar-refractivity contribution in [2.75, 3.05) is 77.2 Å². The molecule has 0 spiro atoms. The molecule has 0 heterocycles. The quantitative estimate of drug-likeness (QED) is 0.207. The molecule has 0 aliphatic heterocycles. The number of hydrogen-bond donors (Lipinski definition) is 6. The summed E-state index contributed by atoms with van der Waals surface area (Å²) < 4.78 is 0. The summed E-state index contributed by atoms with van der Waals surface area (Å²) in [5.74, 6) is -1.83. The van der Waals surface area contributed by atoms with Crippen LogP contribution in [0.4, 0.5) is 11.4 Å². The van der Waals surface area contributed by atoms with Gasteiger partial charge in [-0.05, 0) is 38.4 Å². The number of aromatic hydroxyl groups is 2. The molecular formula is C24H32N4O6. The second kappa shape index (κ2) is 11.3. The summed E-state index contributed by atoms with van der Waals surface area (Å²) in [5.41, 5.74) is 0.744. The lowest BCUT2D eigenvalue weighted by Crippen LogP contribution is -2.34. The minimum Gasteiger partial charge on any atom is -0.507 e. The first kappa shape index (κ1) is 25.4. The fourth-order valence-electron chi connectivity index (χ4n) is 4.04. The second-order valence-corrected chi connectivity index (χ2v) is 8.37. The summed E-state index contributed by atoms with van der Waals surface area (Å²) in [6, 6.07) is 5.81. The number of aliphatic hydroxyl groups excluding tert-OH is 2. The fraction of sp³-hybridized carbons (Fsp3) is 0.417. The smallest absolute Gasteiger partial charge is 0.200 e. The van der Waals surface area contributed by atoms with Crippen LogP contribution in [0.1, 0.15) is 31.8 Å². The number of likely N-dealkylation sites (N-methyl/N-ethyl adjacent to an activating group) is 1.